The molecule has 200 valence electrons. The summed E-state index contributed by atoms with van der Waals surface area (Å²) >= 11 is 0. The van der Waals surface area contributed by atoms with E-state index >= 15 is 0 Å². The van der Waals surface area contributed by atoms with Gasteiger partial charge in [-0.1, -0.05) is 18.2 Å². The number of halogens is 1. The van der Waals surface area contributed by atoms with E-state index in [2.05, 4.69) is 27.7 Å². The van der Waals surface area contributed by atoms with Gasteiger partial charge in [-0.2, -0.15) is 0 Å². The lowest BCUT2D eigenvalue weighted by molar-refractivity contribution is -0.138. The Labute approximate surface area is 223 Å². The van der Waals surface area contributed by atoms with Crippen molar-refractivity contribution in [2.75, 3.05) is 38.3 Å². The van der Waals surface area contributed by atoms with Crippen molar-refractivity contribution in [1.82, 2.24) is 15.2 Å². The molecule has 10 heteroatoms. The van der Waals surface area contributed by atoms with Crippen LogP contribution in [-0.4, -0.2) is 59.8 Å². The molecule has 2 aromatic rings. The van der Waals surface area contributed by atoms with Gasteiger partial charge in [-0.3, -0.25) is 9.59 Å². The molecule has 1 fully saturated rings. The first-order chi connectivity index (χ1) is 17.6. The lowest BCUT2D eigenvalue weighted by Gasteiger charge is -2.33. The predicted octanol–water partition coefficient (Wildman–Crippen LogP) is 3.57. The second-order valence-corrected chi connectivity index (χ2v) is 9.82. The third kappa shape index (κ3) is 6.64. The van der Waals surface area contributed by atoms with E-state index in [9.17, 15) is 14.7 Å². The lowest BCUT2D eigenvalue weighted by atomic mass is 9.95. The van der Waals surface area contributed by atoms with E-state index in [1.807, 2.05) is 0 Å². The number of carbonyl (C=O) groups excluding carboxylic acids is 1. The number of fused-ring (bicyclic) bond motifs is 2. The van der Waals surface area contributed by atoms with Gasteiger partial charge < -0.3 is 30.1 Å². The Morgan fingerprint density at radius 3 is 2.97 bits per heavy atom. The summed E-state index contributed by atoms with van der Waals surface area (Å²) in [6, 6.07) is 9.01. The second kappa shape index (κ2) is 12.5. The van der Waals surface area contributed by atoms with Crippen molar-refractivity contribution in [2.45, 2.75) is 51.0 Å². The first kappa shape index (κ1) is 27.0. The zero-order valence-corrected chi connectivity index (χ0v) is 21.7. The van der Waals surface area contributed by atoms with E-state index in [-0.39, 0.29) is 37.4 Å². The molecule has 0 saturated carbocycles. The van der Waals surface area contributed by atoms with Crippen molar-refractivity contribution in [3.63, 3.8) is 0 Å². The third-order valence-corrected chi connectivity index (χ3v) is 7.23. The molecule has 37 heavy (non-hydrogen) atoms. The minimum atomic E-state index is -0.979. The van der Waals surface area contributed by atoms with Crippen LogP contribution in [0.5, 0.6) is 11.5 Å². The molecule has 9 nitrogen and oxygen atoms in total. The number of aliphatic carboxylic acids is 1. The summed E-state index contributed by atoms with van der Waals surface area (Å²) < 4.78 is 11.0. The summed E-state index contributed by atoms with van der Waals surface area (Å²) in [5.74, 6) is 0.865. The topological polar surface area (TPSA) is 113 Å². The molecule has 0 spiro atoms. The van der Waals surface area contributed by atoms with E-state index in [0.717, 1.165) is 69.7 Å². The molecule has 1 amide bonds. The molecular weight excluding hydrogens is 496 g/mol. The number of ether oxygens (including phenoxy) is 2. The Kier molecular flexibility index (Phi) is 9.10. The van der Waals surface area contributed by atoms with Gasteiger partial charge in [0.25, 0.3) is 0 Å². The number of carboxylic acid groups (broad SMARTS) is 1. The highest BCUT2D eigenvalue weighted by molar-refractivity contribution is 5.85. The lowest BCUT2D eigenvalue weighted by Crippen LogP contribution is -2.44. The molecule has 1 saturated heterocycles. The second-order valence-electron chi connectivity index (χ2n) is 9.82. The summed E-state index contributed by atoms with van der Waals surface area (Å²) in [4.78, 5) is 31.9. The molecule has 0 aliphatic carbocycles. The van der Waals surface area contributed by atoms with Crippen LogP contribution in [0, 0.1) is 5.92 Å². The first-order valence-electron chi connectivity index (χ1n) is 12.9. The highest BCUT2D eigenvalue weighted by Gasteiger charge is 2.31. The number of aromatic nitrogens is 1. The fourth-order valence-corrected chi connectivity index (χ4v) is 5.39. The molecule has 2 unspecified atom stereocenters. The number of para-hydroxylation sites is 1. The molecule has 2 atom stereocenters. The molecule has 4 heterocycles. The summed E-state index contributed by atoms with van der Waals surface area (Å²) in [7, 11) is 0. The number of anilines is 1. The van der Waals surface area contributed by atoms with Crippen molar-refractivity contribution < 1.29 is 24.2 Å². The normalized spacial score (nSPS) is 19.2. The van der Waals surface area contributed by atoms with Crippen LogP contribution in [0.1, 0.15) is 55.0 Å². The van der Waals surface area contributed by atoms with Crippen LogP contribution in [0.25, 0.3) is 0 Å². The fourth-order valence-electron chi connectivity index (χ4n) is 5.39. The molecule has 3 aliphatic rings. The largest absolute Gasteiger partial charge is 0.481 e. The Balaban J connectivity index is 0.00000320. The molecular formula is C27H35ClN4O5. The van der Waals surface area contributed by atoms with E-state index in [1.165, 1.54) is 5.56 Å². The molecule has 0 bridgehead atoms. The number of carbonyl (C=O) groups is 2. The maximum Gasteiger partial charge on any atom is 0.305 e. The minimum absolute atomic E-state index is 0. The minimum Gasteiger partial charge on any atom is -0.481 e. The maximum absolute atomic E-state index is 13.2. The van der Waals surface area contributed by atoms with Crippen molar-refractivity contribution in [3.8, 4) is 11.5 Å². The number of rotatable bonds is 9. The van der Waals surface area contributed by atoms with Crippen LogP contribution in [0.4, 0.5) is 5.82 Å². The summed E-state index contributed by atoms with van der Waals surface area (Å²) in [5, 5.41) is 15.9. The Hall–Kier alpha value is -3.04. The number of aryl methyl sites for hydroxylation is 2. The van der Waals surface area contributed by atoms with Crippen LogP contribution in [-0.2, 0) is 22.4 Å². The fraction of sp³-hybridized carbons (Fsp3) is 0.519. The van der Waals surface area contributed by atoms with E-state index < -0.39 is 12.0 Å². The van der Waals surface area contributed by atoms with Crippen molar-refractivity contribution in [3.05, 3.63) is 47.2 Å². The monoisotopic (exact) mass is 530 g/mol. The predicted molar refractivity (Wildman–Crippen MR) is 141 cm³/mol. The Morgan fingerprint density at radius 2 is 2.11 bits per heavy atom. The Bertz CT molecular complexity index is 1110. The summed E-state index contributed by atoms with van der Waals surface area (Å²) in [6.07, 6.45) is 5.66. The number of amides is 1. The van der Waals surface area contributed by atoms with Crippen molar-refractivity contribution >= 4 is 30.1 Å². The number of pyridine rings is 1. The van der Waals surface area contributed by atoms with Gasteiger partial charge in [0.05, 0.1) is 18.4 Å². The number of hydrogen-bond donors (Lipinski definition) is 3. The van der Waals surface area contributed by atoms with Gasteiger partial charge in [0.1, 0.15) is 5.82 Å². The van der Waals surface area contributed by atoms with Gasteiger partial charge in [0, 0.05) is 24.3 Å². The maximum atomic E-state index is 13.2. The van der Waals surface area contributed by atoms with E-state index in [0.29, 0.717) is 23.6 Å². The van der Waals surface area contributed by atoms with E-state index in [1.54, 1.807) is 18.2 Å². The molecule has 1 aromatic carbocycles. The smallest absolute Gasteiger partial charge is 0.305 e. The average Bonchev–Trinajstić information content (AvgIpc) is 3.37. The number of nitrogens with zero attached hydrogens (tertiary/aromatic N) is 2. The summed E-state index contributed by atoms with van der Waals surface area (Å²) in [5.41, 5.74) is 3.05. The van der Waals surface area contributed by atoms with Gasteiger partial charge in [0.2, 0.25) is 12.7 Å². The van der Waals surface area contributed by atoms with Crippen LogP contribution in [0.2, 0.25) is 0 Å². The molecule has 1 aromatic heterocycles. The van der Waals surface area contributed by atoms with Gasteiger partial charge >= 0.3 is 5.97 Å². The standard InChI is InChI=1S/C27H34N4O5.ClH/c32-24(33)15-22(21-8-1-9-23-25(21)36-17-35-23)30-27(34)19-6-3-13-31(16-19)14-4-7-20-11-10-18-5-2-12-28-26(18)29-20;/h1,8-11,19,22H,2-7,12-17H2,(H,28,29)(H,30,34)(H,32,33);1H. The van der Waals surface area contributed by atoms with Crippen molar-refractivity contribution in [2.24, 2.45) is 5.92 Å². The quantitative estimate of drug-likeness (QED) is 0.451. The molecule has 5 rings (SSSR count). The van der Waals surface area contributed by atoms with E-state index in [4.69, 9.17) is 14.5 Å². The van der Waals surface area contributed by atoms with Gasteiger partial charge in [-0.15, -0.1) is 12.4 Å². The number of hydrogen-bond acceptors (Lipinski definition) is 7. The van der Waals surface area contributed by atoms with Crippen LogP contribution >= 0.6 is 12.4 Å². The van der Waals surface area contributed by atoms with Gasteiger partial charge in [-0.05, 0) is 69.3 Å². The number of likely N-dealkylation sites (tertiary alicyclic amines) is 1. The highest BCUT2D eigenvalue weighted by atomic mass is 35.5. The molecule has 3 N–H and O–H groups in total. The van der Waals surface area contributed by atoms with Crippen LogP contribution < -0.4 is 20.1 Å². The first-order valence-corrected chi connectivity index (χ1v) is 12.9. The van der Waals surface area contributed by atoms with Crippen LogP contribution in [0.15, 0.2) is 30.3 Å². The molecule has 3 aliphatic heterocycles. The number of benzene rings is 1. The Morgan fingerprint density at radius 1 is 1.22 bits per heavy atom. The molecule has 0 radical (unpaired) electrons. The third-order valence-electron chi connectivity index (χ3n) is 7.23. The zero-order chi connectivity index (χ0) is 24.9. The van der Waals surface area contributed by atoms with Crippen molar-refractivity contribution in [1.29, 1.82) is 0 Å². The van der Waals surface area contributed by atoms with Gasteiger partial charge in [0.15, 0.2) is 11.5 Å². The number of piperidine rings is 1. The highest BCUT2D eigenvalue weighted by Crippen LogP contribution is 2.39. The zero-order valence-electron chi connectivity index (χ0n) is 20.9. The van der Waals surface area contributed by atoms with Gasteiger partial charge in [-0.25, -0.2) is 4.98 Å². The number of carboxylic acids is 1. The van der Waals surface area contributed by atoms with Crippen LogP contribution in [0.3, 0.4) is 0 Å². The SMILES string of the molecule is Cl.O=C(O)CC(NC(=O)C1CCCN(CCCc2ccc3c(n2)NCCC3)C1)c1cccc2c1OCO2. The number of nitrogens with one attached hydrogen (secondary N) is 2. The average molecular weight is 531 g/mol. The summed E-state index contributed by atoms with van der Waals surface area (Å²) in [6.45, 7) is 3.64.